The summed E-state index contributed by atoms with van der Waals surface area (Å²) in [6, 6.07) is 32.5. The van der Waals surface area contributed by atoms with Crippen molar-refractivity contribution in [3.05, 3.63) is 97.2 Å². The molecule has 180 valence electrons. The normalized spacial score (nSPS) is 16.8. The lowest BCUT2D eigenvalue weighted by molar-refractivity contribution is 0.00578. The maximum Gasteiger partial charge on any atom is 0.495 e. The van der Waals surface area contributed by atoms with E-state index in [1.54, 1.807) is 0 Å². The first-order valence-electron chi connectivity index (χ1n) is 12.9. The monoisotopic (exact) mass is 481 g/mol. The summed E-state index contributed by atoms with van der Waals surface area (Å²) in [6.45, 7) is 8.43. The molecule has 1 fully saturated rings. The highest BCUT2D eigenvalue weighted by Gasteiger charge is 2.52. The topological polar surface area (TPSA) is 31.4 Å². The summed E-state index contributed by atoms with van der Waals surface area (Å²) < 4.78 is 13.1. The van der Waals surface area contributed by atoms with Gasteiger partial charge in [0.05, 0.1) is 16.7 Å². The second-order valence-electron chi connectivity index (χ2n) is 11.0. The van der Waals surface area contributed by atoms with Crippen LogP contribution < -0.4 is 5.46 Å². The van der Waals surface area contributed by atoms with Crippen molar-refractivity contribution in [2.75, 3.05) is 0 Å². The van der Waals surface area contributed by atoms with Crippen molar-refractivity contribution < 1.29 is 9.31 Å². The average Bonchev–Trinajstić information content (AvgIpc) is 3.13. The number of aromatic nitrogens is 1. The molecule has 5 aromatic carbocycles. The summed E-state index contributed by atoms with van der Waals surface area (Å²) in [6.07, 6.45) is 1.86. The molecule has 7 rings (SSSR count). The van der Waals surface area contributed by atoms with Crippen LogP contribution in [0.3, 0.4) is 0 Å². The third kappa shape index (κ3) is 3.33. The van der Waals surface area contributed by atoms with Crippen LogP contribution in [0.2, 0.25) is 0 Å². The van der Waals surface area contributed by atoms with E-state index < -0.39 is 18.3 Å². The van der Waals surface area contributed by atoms with Gasteiger partial charge in [0.2, 0.25) is 0 Å². The zero-order valence-electron chi connectivity index (χ0n) is 21.6. The highest BCUT2D eigenvalue weighted by molar-refractivity contribution is 6.66. The molecule has 1 aromatic heterocycles. The van der Waals surface area contributed by atoms with Crippen molar-refractivity contribution in [2.45, 2.75) is 38.9 Å². The largest absolute Gasteiger partial charge is 0.495 e. The Morgan fingerprint density at radius 1 is 0.541 bits per heavy atom. The fraction of sp³-hybridized carbons (Fsp3) is 0.182. The minimum Gasteiger partial charge on any atom is -0.399 e. The van der Waals surface area contributed by atoms with Crippen LogP contribution in [-0.2, 0) is 9.31 Å². The molecular formula is C33H28BNO2. The second-order valence-corrected chi connectivity index (χ2v) is 11.0. The van der Waals surface area contributed by atoms with Crippen molar-refractivity contribution in [1.82, 2.24) is 4.98 Å². The summed E-state index contributed by atoms with van der Waals surface area (Å²) in [4.78, 5) is 4.61. The number of fused-ring (bicyclic) bond motifs is 6. The third-order valence-electron chi connectivity index (χ3n) is 8.36. The summed E-state index contributed by atoms with van der Waals surface area (Å²) in [7, 11) is -0.429. The molecule has 0 atom stereocenters. The highest BCUT2D eigenvalue weighted by atomic mass is 16.7. The van der Waals surface area contributed by atoms with Crippen molar-refractivity contribution in [2.24, 2.45) is 0 Å². The molecule has 0 amide bonds. The Morgan fingerprint density at radius 2 is 1.14 bits per heavy atom. The Kier molecular flexibility index (Phi) is 4.79. The van der Waals surface area contributed by atoms with Gasteiger partial charge >= 0.3 is 7.12 Å². The van der Waals surface area contributed by atoms with Crippen molar-refractivity contribution in [1.29, 1.82) is 0 Å². The predicted molar refractivity (Wildman–Crippen MR) is 155 cm³/mol. The molecule has 6 aromatic rings. The molecule has 0 bridgehead atoms. The lowest BCUT2D eigenvalue weighted by atomic mass is 9.74. The van der Waals surface area contributed by atoms with Crippen LogP contribution in [0.25, 0.3) is 54.3 Å². The van der Waals surface area contributed by atoms with Gasteiger partial charge in [-0.15, -0.1) is 0 Å². The maximum absolute atomic E-state index is 6.53. The molecule has 0 saturated carbocycles. The summed E-state index contributed by atoms with van der Waals surface area (Å²) >= 11 is 0. The van der Waals surface area contributed by atoms with Crippen LogP contribution in [0, 0.1) is 0 Å². The Morgan fingerprint density at radius 3 is 1.86 bits per heavy atom. The van der Waals surface area contributed by atoms with Gasteiger partial charge in [-0.2, -0.15) is 0 Å². The Bertz CT molecular complexity index is 1840. The van der Waals surface area contributed by atoms with Crippen molar-refractivity contribution >= 4 is 55.8 Å². The molecular weight excluding hydrogens is 453 g/mol. The van der Waals surface area contributed by atoms with Gasteiger partial charge in [-0.3, -0.25) is 4.98 Å². The molecule has 0 N–H and O–H groups in total. The van der Waals surface area contributed by atoms with Gasteiger partial charge in [0.1, 0.15) is 0 Å². The molecule has 0 unspecified atom stereocenters. The van der Waals surface area contributed by atoms with E-state index in [0.29, 0.717) is 0 Å². The molecule has 1 aliphatic heterocycles. The lowest BCUT2D eigenvalue weighted by Crippen LogP contribution is -2.41. The fourth-order valence-corrected chi connectivity index (χ4v) is 5.71. The first-order chi connectivity index (χ1) is 17.8. The number of pyridine rings is 1. The van der Waals surface area contributed by atoms with E-state index in [4.69, 9.17) is 9.31 Å². The Labute approximate surface area is 217 Å². The molecule has 0 radical (unpaired) electrons. The molecule has 2 heterocycles. The third-order valence-corrected chi connectivity index (χ3v) is 8.36. The lowest BCUT2D eigenvalue weighted by Gasteiger charge is -2.32. The number of hydrogen-bond acceptors (Lipinski definition) is 3. The molecule has 0 aliphatic carbocycles. The van der Waals surface area contributed by atoms with Crippen molar-refractivity contribution in [3.63, 3.8) is 0 Å². The van der Waals surface area contributed by atoms with Crippen molar-refractivity contribution in [3.8, 4) is 11.1 Å². The van der Waals surface area contributed by atoms with Gasteiger partial charge in [-0.05, 0) is 94.8 Å². The minimum atomic E-state index is -0.429. The van der Waals surface area contributed by atoms with E-state index in [-0.39, 0.29) is 0 Å². The van der Waals surface area contributed by atoms with Gasteiger partial charge in [0.25, 0.3) is 0 Å². The van der Waals surface area contributed by atoms with E-state index >= 15 is 0 Å². The van der Waals surface area contributed by atoms with Crippen LogP contribution >= 0.6 is 0 Å². The fourth-order valence-electron chi connectivity index (χ4n) is 5.71. The highest BCUT2D eigenvalue weighted by Crippen LogP contribution is 2.41. The summed E-state index contributed by atoms with van der Waals surface area (Å²) in [5, 5.41) is 8.41. The average molecular weight is 481 g/mol. The Hall–Kier alpha value is -3.73. The van der Waals surface area contributed by atoms with E-state index in [1.807, 2.05) is 12.3 Å². The van der Waals surface area contributed by atoms with Gasteiger partial charge in [0, 0.05) is 11.6 Å². The zero-order chi connectivity index (χ0) is 25.4. The number of benzene rings is 5. The van der Waals surface area contributed by atoms with Crippen LogP contribution in [-0.4, -0.2) is 23.3 Å². The molecule has 0 spiro atoms. The molecule has 37 heavy (non-hydrogen) atoms. The van der Waals surface area contributed by atoms with Gasteiger partial charge < -0.3 is 9.31 Å². The molecule has 1 saturated heterocycles. The van der Waals surface area contributed by atoms with Gasteiger partial charge in [-0.25, -0.2) is 0 Å². The zero-order valence-corrected chi connectivity index (χ0v) is 21.6. The first-order valence-corrected chi connectivity index (χ1v) is 12.9. The van der Waals surface area contributed by atoms with Crippen LogP contribution in [0.5, 0.6) is 0 Å². The predicted octanol–water partition coefficient (Wildman–Crippen LogP) is 7.66. The second kappa shape index (κ2) is 7.88. The smallest absolute Gasteiger partial charge is 0.399 e. The number of rotatable bonds is 2. The van der Waals surface area contributed by atoms with Gasteiger partial charge in [-0.1, -0.05) is 72.8 Å². The summed E-state index contributed by atoms with van der Waals surface area (Å²) in [5.74, 6) is 0. The van der Waals surface area contributed by atoms with E-state index in [2.05, 4.69) is 118 Å². The van der Waals surface area contributed by atoms with E-state index in [9.17, 15) is 0 Å². The SMILES string of the molecule is CC1(C)OB(c2cc3c4ccccc4c(-c4cccc5ncccc45)cc3c3ccccc23)OC1(C)C. The van der Waals surface area contributed by atoms with E-state index in [0.717, 1.165) is 21.8 Å². The maximum atomic E-state index is 6.53. The van der Waals surface area contributed by atoms with Crippen LogP contribution in [0.15, 0.2) is 97.2 Å². The quantitative estimate of drug-likeness (QED) is 0.188. The number of hydrogen-bond donors (Lipinski definition) is 0. The summed E-state index contributed by atoms with van der Waals surface area (Å²) in [5.41, 5.74) is 3.70. The molecule has 4 heteroatoms. The number of nitrogens with zero attached hydrogens (tertiary/aromatic N) is 1. The Balaban J connectivity index is 1.58. The van der Waals surface area contributed by atoms with Crippen LogP contribution in [0.4, 0.5) is 0 Å². The first kappa shape index (κ1) is 22.5. The minimum absolute atomic E-state index is 0.401. The molecule has 1 aliphatic rings. The van der Waals surface area contributed by atoms with E-state index in [1.165, 1.54) is 38.1 Å². The standard InChI is InChI=1S/C33H28BNO2/c1-32(2)33(3,4)37-34(36-32)30-20-29-22-12-6-5-11-21(22)27(19-28(29)23-13-7-8-14-25(23)30)24-15-9-17-31-26(24)16-10-18-35-31/h5-20H,1-4H3. The van der Waals surface area contributed by atoms with Crippen LogP contribution in [0.1, 0.15) is 27.7 Å². The van der Waals surface area contributed by atoms with Gasteiger partial charge in [0.15, 0.2) is 0 Å². The molecule has 3 nitrogen and oxygen atoms in total.